The van der Waals surface area contributed by atoms with Crippen LogP contribution in [-0.4, -0.2) is 32.0 Å². The second kappa shape index (κ2) is 9.00. The number of anilines is 1. The van der Waals surface area contributed by atoms with Gasteiger partial charge in [0.05, 0.1) is 18.9 Å². The number of hydrogen-bond acceptors (Lipinski definition) is 5. The first-order valence-electron chi connectivity index (χ1n) is 10.0. The van der Waals surface area contributed by atoms with Gasteiger partial charge in [0.2, 0.25) is 10.0 Å². The molecule has 0 saturated heterocycles. The molecule has 0 unspecified atom stereocenters. The van der Waals surface area contributed by atoms with E-state index in [4.69, 9.17) is 4.74 Å². The summed E-state index contributed by atoms with van der Waals surface area (Å²) in [4.78, 5) is 12.3. The minimum Gasteiger partial charge on any atom is -0.496 e. The van der Waals surface area contributed by atoms with Crippen molar-refractivity contribution >= 4 is 27.9 Å². The largest absolute Gasteiger partial charge is 0.496 e. The molecule has 32 heavy (non-hydrogen) atoms. The van der Waals surface area contributed by atoms with Crippen molar-refractivity contribution in [1.82, 2.24) is 10.2 Å². The Labute approximate surface area is 188 Å². The highest BCUT2D eigenvalue weighted by molar-refractivity contribution is 7.92. The molecule has 0 aliphatic heterocycles. The molecule has 1 aromatic heterocycles. The van der Waals surface area contributed by atoms with E-state index in [1.54, 1.807) is 31.5 Å². The van der Waals surface area contributed by atoms with Crippen LogP contribution in [0.15, 0.2) is 53.5 Å². The predicted octanol–water partition coefficient (Wildman–Crippen LogP) is 4.28. The number of hydrogen-bond donors (Lipinski definition) is 2. The summed E-state index contributed by atoms with van der Waals surface area (Å²) in [5, 5.41) is 6.26. The number of aromatic amines is 1. The number of rotatable bonds is 6. The minimum absolute atomic E-state index is 0.220. The van der Waals surface area contributed by atoms with E-state index in [1.807, 2.05) is 36.4 Å². The van der Waals surface area contributed by atoms with Crippen LogP contribution in [0.5, 0.6) is 5.75 Å². The van der Waals surface area contributed by atoms with Gasteiger partial charge in [-0.15, -0.1) is 0 Å². The Hall–Kier alpha value is -3.39. The number of nitrogens with zero attached hydrogens (tertiary/aromatic N) is 1. The predicted molar refractivity (Wildman–Crippen MR) is 129 cm³/mol. The van der Waals surface area contributed by atoms with E-state index < -0.39 is 10.0 Å². The molecule has 168 valence electrons. The summed E-state index contributed by atoms with van der Waals surface area (Å²) < 4.78 is 31.0. The van der Waals surface area contributed by atoms with Crippen molar-refractivity contribution in [3.8, 4) is 16.9 Å². The fourth-order valence-electron chi connectivity index (χ4n) is 3.35. The Morgan fingerprint density at radius 3 is 2.31 bits per heavy atom. The summed E-state index contributed by atoms with van der Waals surface area (Å²) in [5.41, 5.74) is 3.99. The third-order valence-electron chi connectivity index (χ3n) is 4.84. The lowest BCUT2D eigenvalue weighted by Gasteiger charge is -2.24. The van der Waals surface area contributed by atoms with E-state index in [1.165, 1.54) is 0 Å². The lowest BCUT2D eigenvalue weighted by atomic mass is 9.83. The van der Waals surface area contributed by atoms with Crippen LogP contribution in [0.2, 0.25) is 0 Å². The lowest BCUT2D eigenvalue weighted by Crippen LogP contribution is -2.15. The van der Waals surface area contributed by atoms with Crippen molar-refractivity contribution in [2.45, 2.75) is 26.2 Å². The zero-order chi connectivity index (χ0) is 23.5. The summed E-state index contributed by atoms with van der Waals surface area (Å²) in [7, 11) is -1.69. The van der Waals surface area contributed by atoms with Gasteiger partial charge < -0.3 is 4.74 Å². The first-order chi connectivity index (χ1) is 15.0. The molecule has 0 aliphatic rings. The van der Waals surface area contributed by atoms with Crippen molar-refractivity contribution in [2.24, 2.45) is 0 Å². The Morgan fingerprint density at radius 1 is 1.06 bits per heavy atom. The van der Waals surface area contributed by atoms with Gasteiger partial charge in [-0.2, -0.15) is 5.10 Å². The van der Waals surface area contributed by atoms with E-state index in [0.717, 1.165) is 34.3 Å². The Morgan fingerprint density at radius 2 is 1.75 bits per heavy atom. The van der Waals surface area contributed by atoms with Gasteiger partial charge in [0.1, 0.15) is 5.75 Å². The second-order valence-corrected chi connectivity index (χ2v) is 10.3. The van der Waals surface area contributed by atoms with Gasteiger partial charge in [0.25, 0.3) is 5.56 Å². The van der Waals surface area contributed by atoms with Crippen LogP contribution in [0.3, 0.4) is 0 Å². The normalized spacial score (nSPS) is 12.2. The van der Waals surface area contributed by atoms with Gasteiger partial charge in [-0.3, -0.25) is 9.52 Å². The quantitative estimate of drug-likeness (QED) is 0.543. The molecule has 0 atom stereocenters. The van der Waals surface area contributed by atoms with E-state index in [-0.39, 0.29) is 11.0 Å². The number of aromatic nitrogens is 2. The van der Waals surface area contributed by atoms with Gasteiger partial charge in [0, 0.05) is 23.0 Å². The number of H-pyrrole nitrogens is 1. The van der Waals surface area contributed by atoms with E-state index in [0.29, 0.717) is 11.3 Å². The molecule has 0 spiro atoms. The van der Waals surface area contributed by atoms with Crippen molar-refractivity contribution in [3.05, 3.63) is 75.7 Å². The third kappa shape index (κ3) is 5.64. The van der Waals surface area contributed by atoms with Crippen LogP contribution < -0.4 is 15.0 Å². The molecule has 7 nitrogen and oxygen atoms in total. The summed E-state index contributed by atoms with van der Waals surface area (Å²) in [6.45, 7) is 6.27. The molecule has 1 heterocycles. The molecule has 0 aliphatic carbocycles. The molecule has 2 aromatic carbocycles. The first kappa shape index (κ1) is 23.3. The summed E-state index contributed by atoms with van der Waals surface area (Å²) in [6.07, 6.45) is 6.50. The fourth-order valence-corrected chi connectivity index (χ4v) is 3.91. The van der Waals surface area contributed by atoms with Crippen molar-refractivity contribution < 1.29 is 13.2 Å². The smallest absolute Gasteiger partial charge is 0.272 e. The first-order valence-corrected chi connectivity index (χ1v) is 11.9. The number of ether oxygens (including phenoxy) is 1. The Balaban J connectivity index is 2.07. The van der Waals surface area contributed by atoms with Crippen molar-refractivity contribution in [2.75, 3.05) is 18.1 Å². The number of methoxy groups -OCH3 is 1. The maximum Gasteiger partial charge on any atom is 0.272 e. The second-order valence-electron chi connectivity index (χ2n) is 8.53. The lowest BCUT2D eigenvalue weighted by molar-refractivity contribution is 0.397. The van der Waals surface area contributed by atoms with Crippen LogP contribution in [0.1, 0.15) is 37.5 Å². The Kier molecular flexibility index (Phi) is 6.55. The van der Waals surface area contributed by atoms with Gasteiger partial charge >= 0.3 is 0 Å². The highest BCUT2D eigenvalue weighted by atomic mass is 32.2. The van der Waals surface area contributed by atoms with Crippen LogP contribution in [-0.2, 0) is 15.4 Å². The van der Waals surface area contributed by atoms with E-state index in [2.05, 4.69) is 35.7 Å². The molecule has 0 bridgehead atoms. The topological polar surface area (TPSA) is 101 Å². The van der Waals surface area contributed by atoms with Gasteiger partial charge in [-0.05, 0) is 46.9 Å². The Bertz CT molecular complexity index is 1300. The maximum atomic E-state index is 12.3. The molecular formula is C24H27N3O4S. The number of benzene rings is 2. The molecule has 3 aromatic rings. The monoisotopic (exact) mass is 453 g/mol. The summed E-state index contributed by atoms with van der Waals surface area (Å²) >= 11 is 0. The summed E-state index contributed by atoms with van der Waals surface area (Å²) in [5.74, 6) is 0.735. The summed E-state index contributed by atoms with van der Waals surface area (Å²) in [6, 6.07) is 12.6. The van der Waals surface area contributed by atoms with E-state index in [9.17, 15) is 13.2 Å². The maximum absolute atomic E-state index is 12.3. The molecule has 0 amide bonds. The van der Waals surface area contributed by atoms with Crippen LogP contribution in [0.4, 0.5) is 5.69 Å². The van der Waals surface area contributed by atoms with E-state index >= 15 is 0 Å². The van der Waals surface area contributed by atoms with Crippen LogP contribution in [0, 0.1) is 0 Å². The average molecular weight is 454 g/mol. The van der Waals surface area contributed by atoms with Gasteiger partial charge in [-0.25, -0.2) is 13.5 Å². The molecule has 0 fully saturated rings. The SMILES string of the molecule is COc1c(/C=C/c2ccc(NS(C)(=O)=O)cc2)cc(-c2ccn[nH]c2=O)cc1C(C)(C)C. The molecule has 0 radical (unpaired) electrons. The molecule has 0 saturated carbocycles. The van der Waals surface area contributed by atoms with Crippen LogP contribution in [0.25, 0.3) is 23.3 Å². The molecular weight excluding hydrogens is 426 g/mol. The molecule has 8 heteroatoms. The molecule has 3 rings (SSSR count). The standard InChI is InChI=1S/C24H27N3O4S/c1-24(2,3)21-15-18(20-12-13-25-26-23(20)28)14-17(22(21)31-4)9-6-16-7-10-19(11-8-16)27-32(5,29)30/h6-15,27H,1-5H3,(H,26,28)/b9-6+. The highest BCUT2D eigenvalue weighted by Crippen LogP contribution is 2.38. The van der Waals surface area contributed by atoms with Crippen molar-refractivity contribution in [3.63, 3.8) is 0 Å². The zero-order valence-electron chi connectivity index (χ0n) is 18.8. The highest BCUT2D eigenvalue weighted by Gasteiger charge is 2.22. The molecule has 2 N–H and O–H groups in total. The fraction of sp³-hybridized carbons (Fsp3) is 0.250. The number of nitrogens with one attached hydrogen (secondary N) is 2. The minimum atomic E-state index is -3.32. The van der Waals surface area contributed by atoms with Crippen LogP contribution >= 0.6 is 0 Å². The van der Waals surface area contributed by atoms with Gasteiger partial charge in [-0.1, -0.05) is 45.1 Å². The third-order valence-corrected chi connectivity index (χ3v) is 5.44. The van der Waals surface area contributed by atoms with Crippen molar-refractivity contribution in [1.29, 1.82) is 0 Å². The zero-order valence-corrected chi connectivity index (χ0v) is 19.6. The average Bonchev–Trinajstić information content (AvgIpc) is 2.71. The van der Waals surface area contributed by atoms with Gasteiger partial charge in [0.15, 0.2) is 0 Å². The number of sulfonamides is 1.